The van der Waals surface area contributed by atoms with E-state index in [1.807, 2.05) is 13.8 Å². The SMILES string of the molecule is CCCC(C(=O)N(CCOC)C(C)COC)C(N)=S. The van der Waals surface area contributed by atoms with Gasteiger partial charge in [-0.2, -0.15) is 0 Å². The van der Waals surface area contributed by atoms with Crippen LogP contribution >= 0.6 is 12.2 Å². The maximum absolute atomic E-state index is 12.5. The lowest BCUT2D eigenvalue weighted by Gasteiger charge is -2.31. The van der Waals surface area contributed by atoms with E-state index in [1.165, 1.54) is 0 Å². The molecule has 0 aromatic heterocycles. The molecule has 2 N–H and O–H groups in total. The Labute approximate surface area is 121 Å². The summed E-state index contributed by atoms with van der Waals surface area (Å²) in [5.41, 5.74) is 5.69. The van der Waals surface area contributed by atoms with Crippen molar-refractivity contribution in [1.82, 2.24) is 4.90 Å². The summed E-state index contributed by atoms with van der Waals surface area (Å²) >= 11 is 5.01. The Morgan fingerprint density at radius 1 is 1.37 bits per heavy atom. The number of carbonyl (C=O) groups is 1. The predicted octanol–water partition coefficient (Wildman–Crippen LogP) is 1.20. The quantitative estimate of drug-likeness (QED) is 0.612. The predicted molar refractivity (Wildman–Crippen MR) is 80.1 cm³/mol. The molecular formula is C13H26N2O3S. The van der Waals surface area contributed by atoms with Gasteiger partial charge in [-0.15, -0.1) is 0 Å². The van der Waals surface area contributed by atoms with Crippen LogP contribution in [0.2, 0.25) is 0 Å². The second-order valence-corrected chi connectivity index (χ2v) is 5.04. The number of rotatable bonds is 10. The van der Waals surface area contributed by atoms with Gasteiger partial charge in [-0.05, 0) is 13.3 Å². The van der Waals surface area contributed by atoms with Gasteiger partial charge in [-0.1, -0.05) is 25.6 Å². The van der Waals surface area contributed by atoms with Crippen molar-refractivity contribution in [3.63, 3.8) is 0 Å². The van der Waals surface area contributed by atoms with E-state index in [2.05, 4.69) is 0 Å². The van der Waals surface area contributed by atoms with Gasteiger partial charge in [0.15, 0.2) is 0 Å². The Kier molecular flexibility index (Phi) is 9.73. The van der Waals surface area contributed by atoms with Crippen molar-refractivity contribution in [3.8, 4) is 0 Å². The number of carbonyl (C=O) groups excluding carboxylic acids is 1. The van der Waals surface area contributed by atoms with Crippen molar-refractivity contribution in [2.75, 3.05) is 34.0 Å². The number of hydrogen-bond acceptors (Lipinski definition) is 4. The highest BCUT2D eigenvalue weighted by molar-refractivity contribution is 7.80. The summed E-state index contributed by atoms with van der Waals surface area (Å²) < 4.78 is 10.2. The van der Waals surface area contributed by atoms with Gasteiger partial charge >= 0.3 is 0 Å². The summed E-state index contributed by atoms with van der Waals surface area (Å²) in [5.74, 6) is -0.424. The first-order valence-corrected chi connectivity index (χ1v) is 6.98. The molecule has 2 atom stereocenters. The van der Waals surface area contributed by atoms with E-state index in [0.29, 0.717) is 26.2 Å². The molecule has 2 unspecified atom stereocenters. The lowest BCUT2D eigenvalue weighted by Crippen LogP contribution is -2.48. The second-order valence-electron chi connectivity index (χ2n) is 4.57. The first-order chi connectivity index (χ1) is 8.99. The number of ether oxygens (including phenoxy) is 2. The van der Waals surface area contributed by atoms with Crippen LogP contribution in [0, 0.1) is 5.92 Å². The molecule has 0 bridgehead atoms. The van der Waals surface area contributed by atoms with Gasteiger partial charge in [0.1, 0.15) is 0 Å². The fraction of sp³-hybridized carbons (Fsp3) is 0.846. The minimum absolute atomic E-state index is 0.0265. The number of hydrogen-bond donors (Lipinski definition) is 1. The third-order valence-corrected chi connectivity index (χ3v) is 3.26. The van der Waals surface area contributed by atoms with Crippen LogP contribution in [0.4, 0.5) is 0 Å². The molecule has 112 valence electrons. The normalized spacial score (nSPS) is 13.9. The number of nitrogens with zero attached hydrogens (tertiary/aromatic N) is 1. The topological polar surface area (TPSA) is 64.8 Å². The zero-order valence-corrected chi connectivity index (χ0v) is 13.2. The molecule has 0 aliphatic heterocycles. The highest BCUT2D eigenvalue weighted by Gasteiger charge is 2.28. The molecule has 0 saturated carbocycles. The van der Waals surface area contributed by atoms with E-state index in [9.17, 15) is 4.79 Å². The Morgan fingerprint density at radius 2 is 2.00 bits per heavy atom. The molecule has 19 heavy (non-hydrogen) atoms. The molecule has 0 rings (SSSR count). The number of methoxy groups -OCH3 is 2. The molecule has 0 aliphatic rings. The van der Waals surface area contributed by atoms with Gasteiger partial charge in [-0.25, -0.2) is 0 Å². The van der Waals surface area contributed by atoms with E-state index in [-0.39, 0.29) is 16.9 Å². The zero-order valence-electron chi connectivity index (χ0n) is 12.3. The highest BCUT2D eigenvalue weighted by Crippen LogP contribution is 2.14. The van der Waals surface area contributed by atoms with Crippen LogP contribution in [-0.4, -0.2) is 55.8 Å². The standard InChI is InChI=1S/C13H26N2O3S/c1-5-6-11(12(14)19)13(16)15(7-8-17-3)10(2)9-18-4/h10-11H,5-9H2,1-4H3,(H2,14,19). The van der Waals surface area contributed by atoms with Gasteiger partial charge in [0.2, 0.25) is 5.91 Å². The molecule has 0 spiro atoms. The second kappa shape index (κ2) is 10.1. The number of thiocarbonyl (C=S) groups is 1. The lowest BCUT2D eigenvalue weighted by atomic mass is 10.0. The van der Waals surface area contributed by atoms with Crippen molar-refractivity contribution < 1.29 is 14.3 Å². The van der Waals surface area contributed by atoms with E-state index >= 15 is 0 Å². The van der Waals surface area contributed by atoms with Crippen molar-refractivity contribution in [3.05, 3.63) is 0 Å². The van der Waals surface area contributed by atoms with Gasteiger partial charge in [-0.3, -0.25) is 4.79 Å². The molecule has 0 aliphatic carbocycles. The first kappa shape index (κ1) is 18.3. The smallest absolute Gasteiger partial charge is 0.232 e. The molecule has 0 aromatic rings. The van der Waals surface area contributed by atoms with Crippen molar-refractivity contribution in [1.29, 1.82) is 0 Å². The average Bonchev–Trinajstić information content (AvgIpc) is 2.36. The highest BCUT2D eigenvalue weighted by atomic mass is 32.1. The van der Waals surface area contributed by atoms with Crippen LogP contribution in [0.25, 0.3) is 0 Å². The molecule has 0 fully saturated rings. The molecule has 0 radical (unpaired) electrons. The van der Waals surface area contributed by atoms with E-state index in [1.54, 1.807) is 19.1 Å². The summed E-state index contributed by atoms with van der Waals surface area (Å²) in [6.45, 7) is 5.43. The van der Waals surface area contributed by atoms with Crippen LogP contribution < -0.4 is 5.73 Å². The van der Waals surface area contributed by atoms with Crippen molar-refractivity contribution in [2.45, 2.75) is 32.7 Å². The lowest BCUT2D eigenvalue weighted by molar-refractivity contribution is -0.137. The largest absolute Gasteiger partial charge is 0.393 e. The minimum Gasteiger partial charge on any atom is -0.393 e. The molecule has 0 saturated heterocycles. The van der Waals surface area contributed by atoms with Gasteiger partial charge in [0.25, 0.3) is 0 Å². The van der Waals surface area contributed by atoms with Crippen LogP contribution in [-0.2, 0) is 14.3 Å². The fourth-order valence-electron chi connectivity index (χ4n) is 1.94. The molecule has 5 nitrogen and oxygen atoms in total. The summed E-state index contributed by atoms with van der Waals surface area (Å²) in [6.07, 6.45) is 1.54. The van der Waals surface area contributed by atoms with Gasteiger partial charge in [0.05, 0.1) is 30.2 Å². The first-order valence-electron chi connectivity index (χ1n) is 6.57. The number of amides is 1. The van der Waals surface area contributed by atoms with Gasteiger partial charge < -0.3 is 20.1 Å². The van der Waals surface area contributed by atoms with Gasteiger partial charge in [0, 0.05) is 20.8 Å². The summed E-state index contributed by atoms with van der Waals surface area (Å²) in [4.78, 5) is 14.5. The number of nitrogens with two attached hydrogens (primary N) is 1. The Bertz CT molecular complexity index is 287. The molecular weight excluding hydrogens is 264 g/mol. The summed E-state index contributed by atoms with van der Waals surface area (Å²) in [6, 6.07) is -0.0265. The maximum atomic E-state index is 12.5. The Balaban J connectivity index is 4.88. The fourth-order valence-corrected chi connectivity index (χ4v) is 2.16. The van der Waals surface area contributed by atoms with Crippen molar-refractivity contribution in [2.24, 2.45) is 11.7 Å². The van der Waals surface area contributed by atoms with E-state index in [4.69, 9.17) is 27.4 Å². The van der Waals surface area contributed by atoms with Crippen LogP contribution in [0.1, 0.15) is 26.7 Å². The maximum Gasteiger partial charge on any atom is 0.232 e. The summed E-state index contributed by atoms with van der Waals surface area (Å²) in [5, 5.41) is 0. The van der Waals surface area contributed by atoms with E-state index in [0.717, 1.165) is 6.42 Å². The molecule has 1 amide bonds. The van der Waals surface area contributed by atoms with Crippen LogP contribution in [0.3, 0.4) is 0 Å². The molecule has 0 heterocycles. The zero-order chi connectivity index (χ0) is 14.8. The molecule has 6 heteroatoms. The Hall–Kier alpha value is -0.720. The Morgan fingerprint density at radius 3 is 2.42 bits per heavy atom. The monoisotopic (exact) mass is 290 g/mol. The van der Waals surface area contributed by atoms with E-state index < -0.39 is 5.92 Å². The van der Waals surface area contributed by atoms with Crippen LogP contribution in [0.15, 0.2) is 0 Å². The minimum atomic E-state index is -0.392. The molecule has 0 aromatic carbocycles. The third-order valence-electron chi connectivity index (χ3n) is 2.98. The van der Waals surface area contributed by atoms with Crippen molar-refractivity contribution >= 4 is 23.1 Å². The van der Waals surface area contributed by atoms with Crippen LogP contribution in [0.5, 0.6) is 0 Å². The average molecular weight is 290 g/mol. The summed E-state index contributed by atoms with van der Waals surface area (Å²) in [7, 11) is 3.23. The third kappa shape index (κ3) is 6.31.